The van der Waals surface area contributed by atoms with Gasteiger partial charge in [0.15, 0.2) is 0 Å². The minimum atomic E-state index is -0.817. The Morgan fingerprint density at radius 1 is 0.920 bits per heavy atom. The van der Waals surface area contributed by atoms with Crippen LogP contribution in [0.1, 0.15) is 18.1 Å². The van der Waals surface area contributed by atoms with E-state index in [9.17, 15) is 4.79 Å². The Labute approximate surface area is 147 Å². The first kappa shape index (κ1) is 16.7. The predicted molar refractivity (Wildman–Crippen MR) is 98.8 cm³/mol. The molecule has 3 aromatic rings. The summed E-state index contributed by atoms with van der Waals surface area (Å²) in [5.41, 5.74) is 1.67. The molecule has 0 aliphatic rings. The molecule has 1 aromatic heterocycles. The lowest BCUT2D eigenvalue weighted by atomic mass is 9.75. The zero-order chi connectivity index (χ0) is 17.7. The molecule has 0 spiro atoms. The number of benzene rings is 2. The van der Waals surface area contributed by atoms with Gasteiger partial charge in [0.1, 0.15) is 0 Å². The Morgan fingerprint density at radius 3 is 1.92 bits per heavy atom. The standard InChI is InChI=1S/C21H20N2O2/c1-21(16-9-5-3-6-10-16,17-11-7-4-8-12-17)20(24)23-18-13-14-19(25-2)22-15-18/h3-15H,1-2H3,(H,23,24). The van der Waals surface area contributed by atoms with Crippen molar-refractivity contribution >= 4 is 11.6 Å². The lowest BCUT2D eigenvalue weighted by Crippen LogP contribution is -2.38. The van der Waals surface area contributed by atoms with Crippen LogP contribution in [0, 0.1) is 0 Å². The summed E-state index contributed by atoms with van der Waals surface area (Å²) in [4.78, 5) is 17.4. The molecular weight excluding hydrogens is 312 g/mol. The van der Waals surface area contributed by atoms with Crippen LogP contribution in [0.15, 0.2) is 79.0 Å². The Balaban J connectivity index is 1.98. The summed E-state index contributed by atoms with van der Waals surface area (Å²) in [5, 5.41) is 2.97. The smallest absolute Gasteiger partial charge is 0.239 e. The van der Waals surface area contributed by atoms with Crippen LogP contribution < -0.4 is 10.1 Å². The van der Waals surface area contributed by atoms with Crippen LogP contribution in [-0.2, 0) is 10.2 Å². The van der Waals surface area contributed by atoms with Gasteiger partial charge in [0.25, 0.3) is 0 Å². The monoisotopic (exact) mass is 332 g/mol. The normalized spacial score (nSPS) is 11.0. The summed E-state index contributed by atoms with van der Waals surface area (Å²) in [5.74, 6) is 0.392. The second-order valence-corrected chi connectivity index (χ2v) is 5.90. The van der Waals surface area contributed by atoms with E-state index < -0.39 is 5.41 Å². The molecule has 126 valence electrons. The first-order chi connectivity index (χ1) is 12.1. The lowest BCUT2D eigenvalue weighted by molar-refractivity contribution is -0.119. The van der Waals surface area contributed by atoms with Crippen LogP contribution in [0.25, 0.3) is 0 Å². The van der Waals surface area contributed by atoms with E-state index in [0.717, 1.165) is 11.1 Å². The molecule has 25 heavy (non-hydrogen) atoms. The average molecular weight is 332 g/mol. The Kier molecular flexibility index (Phi) is 4.80. The number of nitrogens with zero attached hydrogens (tertiary/aromatic N) is 1. The van der Waals surface area contributed by atoms with Crippen LogP contribution >= 0.6 is 0 Å². The van der Waals surface area contributed by atoms with Crippen LogP contribution in [0.5, 0.6) is 5.88 Å². The van der Waals surface area contributed by atoms with Crippen LogP contribution in [0.4, 0.5) is 5.69 Å². The van der Waals surface area contributed by atoms with E-state index in [4.69, 9.17) is 4.74 Å². The maximum atomic E-state index is 13.2. The topological polar surface area (TPSA) is 51.2 Å². The Bertz CT molecular complexity index is 791. The van der Waals surface area contributed by atoms with Gasteiger partial charge in [0, 0.05) is 6.07 Å². The molecule has 0 unspecified atom stereocenters. The number of amides is 1. The van der Waals surface area contributed by atoms with Crippen LogP contribution in [-0.4, -0.2) is 18.0 Å². The van der Waals surface area contributed by atoms with Crippen molar-refractivity contribution in [1.29, 1.82) is 0 Å². The minimum absolute atomic E-state index is 0.114. The van der Waals surface area contributed by atoms with E-state index in [-0.39, 0.29) is 5.91 Å². The summed E-state index contributed by atoms with van der Waals surface area (Å²) in [6.07, 6.45) is 1.59. The third kappa shape index (κ3) is 3.38. The minimum Gasteiger partial charge on any atom is -0.481 e. The van der Waals surface area contributed by atoms with E-state index in [2.05, 4.69) is 10.3 Å². The van der Waals surface area contributed by atoms with E-state index >= 15 is 0 Å². The van der Waals surface area contributed by atoms with Crippen LogP contribution in [0.2, 0.25) is 0 Å². The number of carbonyl (C=O) groups excluding carboxylic acids is 1. The summed E-state index contributed by atoms with van der Waals surface area (Å²) >= 11 is 0. The fourth-order valence-corrected chi connectivity index (χ4v) is 2.80. The number of hydrogen-bond acceptors (Lipinski definition) is 3. The van der Waals surface area contributed by atoms with Gasteiger partial charge in [-0.2, -0.15) is 0 Å². The largest absolute Gasteiger partial charge is 0.481 e. The molecule has 1 heterocycles. The van der Waals surface area contributed by atoms with Gasteiger partial charge in [-0.15, -0.1) is 0 Å². The Hall–Kier alpha value is -3.14. The van der Waals surface area contributed by atoms with Gasteiger partial charge >= 0.3 is 0 Å². The predicted octanol–water partition coefficient (Wildman–Crippen LogP) is 4.03. The van der Waals surface area contributed by atoms with Gasteiger partial charge < -0.3 is 10.1 Å². The molecule has 0 saturated heterocycles. The van der Waals surface area contributed by atoms with Gasteiger partial charge in [-0.05, 0) is 24.1 Å². The molecule has 0 fully saturated rings. The van der Waals surface area contributed by atoms with Crippen molar-refractivity contribution in [2.75, 3.05) is 12.4 Å². The molecular formula is C21H20N2O2. The van der Waals surface area contributed by atoms with E-state index in [1.54, 1.807) is 25.4 Å². The SMILES string of the molecule is COc1ccc(NC(=O)C(C)(c2ccccc2)c2ccccc2)cn1. The van der Waals surface area contributed by atoms with Crippen molar-refractivity contribution in [1.82, 2.24) is 4.98 Å². The summed E-state index contributed by atoms with van der Waals surface area (Å²) in [6.45, 7) is 1.93. The number of anilines is 1. The zero-order valence-electron chi connectivity index (χ0n) is 14.3. The van der Waals surface area contributed by atoms with Crippen molar-refractivity contribution in [2.45, 2.75) is 12.3 Å². The van der Waals surface area contributed by atoms with Gasteiger partial charge in [-0.3, -0.25) is 4.79 Å². The molecule has 0 aliphatic carbocycles. The third-order valence-corrected chi connectivity index (χ3v) is 4.36. The van der Waals surface area contributed by atoms with E-state index in [1.807, 2.05) is 67.6 Å². The van der Waals surface area contributed by atoms with Crippen molar-refractivity contribution < 1.29 is 9.53 Å². The number of methoxy groups -OCH3 is 1. The van der Waals surface area contributed by atoms with Gasteiger partial charge in [-0.1, -0.05) is 60.7 Å². The number of hydrogen-bond donors (Lipinski definition) is 1. The second-order valence-electron chi connectivity index (χ2n) is 5.90. The fourth-order valence-electron chi connectivity index (χ4n) is 2.80. The zero-order valence-corrected chi connectivity index (χ0v) is 14.3. The highest BCUT2D eigenvalue weighted by atomic mass is 16.5. The van der Waals surface area contributed by atoms with Gasteiger partial charge in [0.2, 0.25) is 11.8 Å². The first-order valence-corrected chi connectivity index (χ1v) is 8.07. The first-order valence-electron chi connectivity index (χ1n) is 8.07. The summed E-state index contributed by atoms with van der Waals surface area (Å²) in [7, 11) is 1.56. The molecule has 4 nitrogen and oxygen atoms in total. The average Bonchev–Trinajstić information content (AvgIpc) is 2.69. The molecule has 0 bridgehead atoms. The van der Waals surface area contributed by atoms with E-state index in [0.29, 0.717) is 11.6 Å². The fraction of sp³-hybridized carbons (Fsp3) is 0.143. The number of carbonyl (C=O) groups is 1. The van der Waals surface area contributed by atoms with E-state index in [1.165, 1.54) is 0 Å². The number of rotatable bonds is 5. The van der Waals surface area contributed by atoms with Crippen LogP contribution in [0.3, 0.4) is 0 Å². The highest BCUT2D eigenvalue weighted by Crippen LogP contribution is 2.33. The molecule has 2 aromatic carbocycles. The number of aromatic nitrogens is 1. The molecule has 0 aliphatic heterocycles. The number of ether oxygens (including phenoxy) is 1. The molecule has 0 atom stereocenters. The summed E-state index contributed by atoms with van der Waals surface area (Å²) in [6, 6.07) is 23.0. The van der Waals surface area contributed by atoms with Gasteiger partial charge in [0.05, 0.1) is 24.4 Å². The summed E-state index contributed by atoms with van der Waals surface area (Å²) < 4.78 is 5.06. The quantitative estimate of drug-likeness (QED) is 0.767. The highest BCUT2D eigenvalue weighted by molar-refractivity contribution is 6.01. The highest BCUT2D eigenvalue weighted by Gasteiger charge is 2.37. The number of nitrogens with one attached hydrogen (secondary N) is 1. The Morgan fingerprint density at radius 2 is 1.48 bits per heavy atom. The molecule has 0 radical (unpaired) electrons. The van der Waals surface area contributed by atoms with Crippen molar-refractivity contribution in [3.63, 3.8) is 0 Å². The van der Waals surface area contributed by atoms with Gasteiger partial charge in [-0.25, -0.2) is 4.98 Å². The van der Waals surface area contributed by atoms with Crippen molar-refractivity contribution in [2.24, 2.45) is 0 Å². The second kappa shape index (κ2) is 7.18. The van der Waals surface area contributed by atoms with Crippen molar-refractivity contribution in [3.05, 3.63) is 90.1 Å². The number of pyridine rings is 1. The third-order valence-electron chi connectivity index (χ3n) is 4.36. The molecule has 3 rings (SSSR count). The maximum absolute atomic E-state index is 13.2. The maximum Gasteiger partial charge on any atom is 0.239 e. The molecule has 0 saturated carbocycles. The molecule has 1 amide bonds. The molecule has 1 N–H and O–H groups in total. The molecule has 4 heteroatoms. The lowest BCUT2D eigenvalue weighted by Gasteiger charge is -2.29. The van der Waals surface area contributed by atoms with Crippen molar-refractivity contribution in [3.8, 4) is 5.88 Å².